The maximum Gasteiger partial charge on any atom is 0.229 e. The number of hydrogen-bond acceptors (Lipinski definition) is 4. The molecule has 1 fully saturated rings. The molecule has 2 aromatic carbocycles. The lowest BCUT2D eigenvalue weighted by atomic mass is 9.77. The van der Waals surface area contributed by atoms with Gasteiger partial charge in [-0.3, -0.25) is 19.7 Å². The number of carbonyl (C=O) groups excluding carboxylic acids is 3. The van der Waals surface area contributed by atoms with Gasteiger partial charge in [-0.2, -0.15) is 0 Å². The number of para-hydroxylation sites is 1. The number of amides is 2. The largest absolute Gasteiger partial charge is 0.371 e. The fraction of sp³-hybridized carbons (Fsp3) is 0.516. The number of rotatable bonds is 9. The highest BCUT2D eigenvalue weighted by molar-refractivity contribution is 6.01. The third-order valence-corrected chi connectivity index (χ3v) is 8.45. The number of nitrogens with one attached hydrogen (secondary N) is 1. The number of benzene rings is 2. The molecule has 0 spiro atoms. The van der Waals surface area contributed by atoms with Crippen molar-refractivity contribution in [2.75, 3.05) is 18.0 Å². The van der Waals surface area contributed by atoms with Crippen LogP contribution >= 0.6 is 0 Å². The smallest absolute Gasteiger partial charge is 0.229 e. The molecule has 0 saturated carbocycles. The monoisotopic (exact) mass is 486 g/mol. The summed E-state index contributed by atoms with van der Waals surface area (Å²) in [6, 6.07) is 15.1. The predicted molar refractivity (Wildman–Crippen MR) is 142 cm³/mol. The molecule has 2 aliphatic heterocycles. The zero-order valence-corrected chi connectivity index (χ0v) is 21.3. The van der Waals surface area contributed by atoms with Crippen molar-refractivity contribution >= 4 is 23.3 Å². The maximum atomic E-state index is 13.3. The van der Waals surface area contributed by atoms with Gasteiger partial charge in [0.05, 0.1) is 0 Å². The molecule has 36 heavy (non-hydrogen) atoms. The molecule has 2 aromatic rings. The topological polar surface area (TPSA) is 66.5 Å². The number of carbonyl (C=O) groups is 3. The van der Waals surface area contributed by atoms with E-state index in [-0.39, 0.29) is 29.4 Å². The molecular weight excluding hydrogens is 448 g/mol. The lowest BCUT2D eigenvalue weighted by molar-refractivity contribution is -0.136. The second kappa shape index (κ2) is 11.4. The predicted octanol–water partition coefficient (Wildman–Crippen LogP) is 5.43. The summed E-state index contributed by atoms with van der Waals surface area (Å²) >= 11 is 0. The van der Waals surface area contributed by atoms with Gasteiger partial charge in [-0.05, 0) is 87.0 Å². The first-order valence-electron chi connectivity index (χ1n) is 13.9. The molecule has 2 heterocycles. The van der Waals surface area contributed by atoms with Crippen molar-refractivity contribution in [1.29, 1.82) is 0 Å². The van der Waals surface area contributed by atoms with E-state index in [1.54, 1.807) is 0 Å². The van der Waals surface area contributed by atoms with Crippen molar-refractivity contribution in [2.24, 2.45) is 11.8 Å². The van der Waals surface area contributed by atoms with E-state index in [0.29, 0.717) is 19.3 Å². The van der Waals surface area contributed by atoms with Crippen molar-refractivity contribution in [3.05, 3.63) is 64.7 Å². The number of ketones is 1. The van der Waals surface area contributed by atoms with Gasteiger partial charge in [0.25, 0.3) is 0 Å². The summed E-state index contributed by atoms with van der Waals surface area (Å²) in [7, 11) is 0. The molecule has 1 aliphatic carbocycles. The van der Waals surface area contributed by atoms with Crippen LogP contribution in [0.15, 0.2) is 42.5 Å². The Kier molecular flexibility index (Phi) is 7.84. The standard InChI is InChI=1S/C31H38N2O3/c34-29-19-17-25(31(36)32-29)15-14-24-16-18-26-22(10-6-12-27(26)30(24)35)8-2-1-5-20-33-21-7-11-23-9-3-4-13-28(23)33/h3-4,6,9-10,12-13,24-25H,1-2,5,7-8,11,14-21H2,(H,32,34,36). The molecule has 0 bridgehead atoms. The average molecular weight is 487 g/mol. The highest BCUT2D eigenvalue weighted by atomic mass is 16.2. The molecule has 2 atom stereocenters. The molecular formula is C31H38N2O3. The quantitative estimate of drug-likeness (QED) is 0.379. The minimum Gasteiger partial charge on any atom is -0.371 e. The summed E-state index contributed by atoms with van der Waals surface area (Å²) in [5, 5.41) is 2.44. The number of hydrogen-bond donors (Lipinski definition) is 1. The minimum atomic E-state index is -0.178. The Morgan fingerprint density at radius 3 is 2.56 bits per heavy atom. The lowest BCUT2D eigenvalue weighted by Gasteiger charge is -2.31. The molecule has 190 valence electrons. The summed E-state index contributed by atoms with van der Waals surface area (Å²) in [6.07, 6.45) is 11.3. The molecule has 0 radical (unpaired) electrons. The van der Waals surface area contributed by atoms with Gasteiger partial charge in [0.1, 0.15) is 0 Å². The van der Waals surface area contributed by atoms with Gasteiger partial charge < -0.3 is 4.90 Å². The van der Waals surface area contributed by atoms with Crippen LogP contribution in [0.2, 0.25) is 0 Å². The van der Waals surface area contributed by atoms with Gasteiger partial charge in [0.15, 0.2) is 5.78 Å². The van der Waals surface area contributed by atoms with Crippen molar-refractivity contribution in [2.45, 2.75) is 77.0 Å². The Bertz CT molecular complexity index is 1120. The minimum absolute atomic E-state index is 0.00871. The van der Waals surface area contributed by atoms with Crippen LogP contribution < -0.4 is 10.2 Å². The highest BCUT2D eigenvalue weighted by Gasteiger charge is 2.32. The van der Waals surface area contributed by atoms with E-state index < -0.39 is 0 Å². The van der Waals surface area contributed by atoms with Gasteiger partial charge >= 0.3 is 0 Å². The third kappa shape index (κ3) is 5.55. The van der Waals surface area contributed by atoms with Crippen LogP contribution in [0, 0.1) is 11.8 Å². The Hall–Kier alpha value is -2.95. The van der Waals surface area contributed by atoms with Crippen LogP contribution in [0.1, 0.15) is 84.8 Å². The van der Waals surface area contributed by atoms with Gasteiger partial charge in [0, 0.05) is 42.6 Å². The Labute approximate surface area is 214 Å². The first-order chi connectivity index (χ1) is 17.6. The molecule has 1 N–H and O–H groups in total. The molecule has 5 nitrogen and oxygen atoms in total. The van der Waals surface area contributed by atoms with Crippen molar-refractivity contribution in [3.63, 3.8) is 0 Å². The third-order valence-electron chi connectivity index (χ3n) is 8.45. The number of aryl methyl sites for hydroxylation is 2. The van der Waals surface area contributed by atoms with E-state index in [9.17, 15) is 14.4 Å². The van der Waals surface area contributed by atoms with Crippen molar-refractivity contribution < 1.29 is 14.4 Å². The number of fused-ring (bicyclic) bond motifs is 2. The molecule has 2 unspecified atom stereocenters. The Balaban J connectivity index is 1.10. The van der Waals surface area contributed by atoms with E-state index in [4.69, 9.17) is 0 Å². The first-order valence-corrected chi connectivity index (χ1v) is 13.9. The van der Waals surface area contributed by atoms with Crippen LogP contribution in [-0.2, 0) is 28.9 Å². The fourth-order valence-corrected chi connectivity index (χ4v) is 6.39. The normalized spacial score (nSPS) is 21.7. The van der Waals surface area contributed by atoms with Gasteiger partial charge in [-0.25, -0.2) is 0 Å². The summed E-state index contributed by atoms with van der Waals surface area (Å²) < 4.78 is 0. The van der Waals surface area contributed by atoms with Crippen molar-refractivity contribution in [1.82, 2.24) is 5.32 Å². The fourth-order valence-electron chi connectivity index (χ4n) is 6.39. The summed E-state index contributed by atoms with van der Waals surface area (Å²) in [4.78, 5) is 39.3. The summed E-state index contributed by atoms with van der Waals surface area (Å²) in [6.45, 7) is 2.29. The van der Waals surface area contributed by atoms with Crippen LogP contribution in [-0.4, -0.2) is 30.7 Å². The lowest BCUT2D eigenvalue weighted by Crippen LogP contribution is -2.41. The number of anilines is 1. The number of Topliss-reactive ketones (excluding diaryl/α,β-unsaturated/α-hetero) is 1. The first kappa shape index (κ1) is 24.7. The van der Waals surface area contributed by atoms with E-state index in [2.05, 4.69) is 40.5 Å². The van der Waals surface area contributed by atoms with Crippen LogP contribution in [0.25, 0.3) is 0 Å². The van der Waals surface area contributed by atoms with E-state index in [0.717, 1.165) is 50.8 Å². The second-order valence-corrected chi connectivity index (χ2v) is 10.8. The zero-order valence-electron chi connectivity index (χ0n) is 21.3. The average Bonchev–Trinajstić information content (AvgIpc) is 2.89. The number of piperidine rings is 1. The van der Waals surface area contributed by atoms with Gasteiger partial charge in [0.2, 0.25) is 11.8 Å². The number of imide groups is 1. The van der Waals surface area contributed by atoms with E-state index in [1.165, 1.54) is 48.1 Å². The van der Waals surface area contributed by atoms with Crippen LogP contribution in [0.3, 0.4) is 0 Å². The van der Waals surface area contributed by atoms with Crippen LogP contribution in [0.4, 0.5) is 5.69 Å². The Morgan fingerprint density at radius 1 is 0.833 bits per heavy atom. The summed E-state index contributed by atoms with van der Waals surface area (Å²) in [5.74, 6) is -0.244. The molecule has 1 saturated heterocycles. The number of unbranched alkanes of at least 4 members (excludes halogenated alkanes) is 2. The zero-order chi connectivity index (χ0) is 24.9. The number of nitrogens with zero attached hydrogens (tertiary/aromatic N) is 1. The molecule has 2 amide bonds. The van der Waals surface area contributed by atoms with Gasteiger partial charge in [-0.1, -0.05) is 42.8 Å². The van der Waals surface area contributed by atoms with Gasteiger partial charge in [-0.15, -0.1) is 0 Å². The highest BCUT2D eigenvalue weighted by Crippen LogP contribution is 2.33. The molecule has 5 heteroatoms. The molecule has 5 rings (SSSR count). The van der Waals surface area contributed by atoms with E-state index >= 15 is 0 Å². The SMILES string of the molecule is O=C1CCC(CCC2CCc3c(CCCCCN4CCCc5ccccc54)cccc3C2=O)C(=O)N1. The van der Waals surface area contributed by atoms with Crippen molar-refractivity contribution in [3.8, 4) is 0 Å². The Morgan fingerprint density at radius 2 is 1.67 bits per heavy atom. The molecule has 3 aliphatic rings. The summed E-state index contributed by atoms with van der Waals surface area (Å²) in [5.41, 5.74) is 6.40. The second-order valence-electron chi connectivity index (χ2n) is 10.8. The molecule has 0 aromatic heterocycles. The van der Waals surface area contributed by atoms with E-state index in [1.807, 2.05) is 12.1 Å². The maximum absolute atomic E-state index is 13.3. The van der Waals surface area contributed by atoms with Crippen LogP contribution in [0.5, 0.6) is 0 Å².